The van der Waals surface area contributed by atoms with Gasteiger partial charge in [0.1, 0.15) is 0 Å². The number of hydrogen-bond donors (Lipinski definition) is 0. The van der Waals surface area contributed by atoms with Gasteiger partial charge in [0.25, 0.3) is 0 Å². The first kappa shape index (κ1) is 40.1. The summed E-state index contributed by atoms with van der Waals surface area (Å²) in [4.78, 5) is 0. The van der Waals surface area contributed by atoms with Crippen LogP contribution in [0.3, 0.4) is 0 Å². The molecule has 3 aromatic heterocycles. The van der Waals surface area contributed by atoms with Crippen molar-refractivity contribution in [2.75, 3.05) is 0 Å². The van der Waals surface area contributed by atoms with Gasteiger partial charge in [0, 0.05) is 38.0 Å². The normalized spacial score (nSPS) is 12.0. The van der Waals surface area contributed by atoms with Gasteiger partial charge in [0.05, 0.1) is 44.5 Å². The summed E-state index contributed by atoms with van der Waals surface area (Å²) in [6, 6.07) is 101. The molecule has 11 aromatic carbocycles. The maximum atomic E-state index is 2.55. The van der Waals surface area contributed by atoms with Gasteiger partial charge in [-0.25, -0.2) is 0 Å². The maximum Gasteiger partial charge on any atom is 0.179 e. The molecule has 0 atom stereocenters. The van der Waals surface area contributed by atoms with Crippen LogP contribution < -0.4 is 20.7 Å². The smallest absolute Gasteiger partial charge is 0.179 e. The Labute approximate surface area is 407 Å². The van der Waals surface area contributed by atoms with E-state index in [1.807, 2.05) is 0 Å². The van der Waals surface area contributed by atoms with Crippen LogP contribution in [-0.2, 0) is 0 Å². The molecule has 4 heteroatoms. The molecule has 0 aliphatic rings. The summed E-state index contributed by atoms with van der Waals surface area (Å²) in [5.74, 6) is 0. The second-order valence-electron chi connectivity index (χ2n) is 18.4. The monoisotopic (exact) mass is 907 g/mol. The Bertz CT molecular complexity index is 4180. The summed E-state index contributed by atoms with van der Waals surface area (Å²) in [6.07, 6.45) is 0. The van der Waals surface area contributed by atoms with Gasteiger partial charge in [-0.05, 0) is 92.5 Å². The molecular formula is C66H45N3Si. The van der Waals surface area contributed by atoms with E-state index in [9.17, 15) is 0 Å². The molecule has 0 aliphatic heterocycles. The molecular weight excluding hydrogens is 863 g/mol. The van der Waals surface area contributed by atoms with Gasteiger partial charge in [0.15, 0.2) is 8.07 Å². The van der Waals surface area contributed by atoms with Gasteiger partial charge in [-0.3, -0.25) is 0 Å². The minimum Gasteiger partial charge on any atom is -0.309 e. The molecule has 3 nitrogen and oxygen atoms in total. The zero-order valence-corrected chi connectivity index (χ0v) is 39.3. The zero-order chi connectivity index (χ0) is 46.2. The molecule has 328 valence electrons. The van der Waals surface area contributed by atoms with Crippen molar-refractivity contribution >= 4 is 94.2 Å². The maximum absolute atomic E-state index is 2.81. The van der Waals surface area contributed by atoms with Crippen molar-refractivity contribution in [2.24, 2.45) is 0 Å². The molecule has 0 fully saturated rings. The molecule has 70 heavy (non-hydrogen) atoms. The quantitative estimate of drug-likeness (QED) is 0.107. The average Bonchev–Trinajstić information content (AvgIpc) is 4.08. The van der Waals surface area contributed by atoms with Crippen LogP contribution in [0.1, 0.15) is 0 Å². The number of benzene rings is 11. The molecule has 14 rings (SSSR count). The van der Waals surface area contributed by atoms with E-state index in [1.165, 1.54) is 91.8 Å². The predicted molar refractivity (Wildman–Crippen MR) is 299 cm³/mol. The first-order valence-electron chi connectivity index (χ1n) is 24.2. The number of para-hydroxylation sites is 4. The molecule has 0 N–H and O–H groups in total. The molecule has 0 radical (unpaired) electrons. The lowest BCUT2D eigenvalue weighted by atomic mass is 10.0. The highest BCUT2D eigenvalue weighted by molar-refractivity contribution is 7.19. The van der Waals surface area contributed by atoms with Gasteiger partial charge in [0.2, 0.25) is 0 Å². The Morgan fingerprint density at radius 3 is 1.36 bits per heavy atom. The number of hydrogen-bond acceptors (Lipinski definition) is 0. The molecule has 0 saturated carbocycles. The van der Waals surface area contributed by atoms with Crippen molar-refractivity contribution in [2.45, 2.75) is 0 Å². The van der Waals surface area contributed by atoms with Crippen LogP contribution in [0.15, 0.2) is 273 Å². The minimum atomic E-state index is -2.81. The van der Waals surface area contributed by atoms with Crippen molar-refractivity contribution in [3.63, 3.8) is 0 Å². The lowest BCUT2D eigenvalue weighted by molar-refractivity contribution is 1.14. The van der Waals surface area contributed by atoms with Crippen LogP contribution in [0.25, 0.3) is 93.6 Å². The Kier molecular flexibility index (Phi) is 9.23. The van der Waals surface area contributed by atoms with Crippen molar-refractivity contribution < 1.29 is 0 Å². The van der Waals surface area contributed by atoms with Gasteiger partial charge >= 0.3 is 0 Å². The molecule has 0 bridgehead atoms. The van der Waals surface area contributed by atoms with E-state index < -0.39 is 8.07 Å². The third-order valence-corrected chi connectivity index (χ3v) is 19.5. The van der Waals surface area contributed by atoms with Crippen LogP contribution in [0.4, 0.5) is 0 Å². The van der Waals surface area contributed by atoms with E-state index in [2.05, 4.69) is 287 Å². The van der Waals surface area contributed by atoms with Crippen LogP contribution in [-0.4, -0.2) is 21.8 Å². The second kappa shape index (κ2) is 16.1. The van der Waals surface area contributed by atoms with E-state index in [0.717, 1.165) is 22.6 Å². The van der Waals surface area contributed by atoms with E-state index in [-0.39, 0.29) is 0 Å². The topological polar surface area (TPSA) is 14.8 Å². The van der Waals surface area contributed by atoms with Crippen LogP contribution >= 0.6 is 0 Å². The van der Waals surface area contributed by atoms with Crippen molar-refractivity contribution in [3.05, 3.63) is 273 Å². The Balaban J connectivity index is 1.04. The molecule has 3 heterocycles. The minimum absolute atomic E-state index is 1.14. The van der Waals surface area contributed by atoms with E-state index >= 15 is 0 Å². The number of aromatic nitrogens is 3. The lowest BCUT2D eigenvalue weighted by Crippen LogP contribution is -2.74. The van der Waals surface area contributed by atoms with Gasteiger partial charge < -0.3 is 13.7 Å². The Morgan fingerprint density at radius 1 is 0.243 bits per heavy atom. The number of rotatable bonds is 8. The van der Waals surface area contributed by atoms with Crippen LogP contribution in [0, 0.1) is 0 Å². The van der Waals surface area contributed by atoms with Crippen LogP contribution in [0.5, 0.6) is 0 Å². The summed E-state index contributed by atoms with van der Waals surface area (Å²) in [5, 5.41) is 12.8. The van der Waals surface area contributed by atoms with Gasteiger partial charge in [-0.15, -0.1) is 0 Å². The van der Waals surface area contributed by atoms with E-state index in [4.69, 9.17) is 0 Å². The summed E-state index contributed by atoms with van der Waals surface area (Å²) >= 11 is 0. The fourth-order valence-corrected chi connectivity index (χ4v) is 16.7. The largest absolute Gasteiger partial charge is 0.309 e. The fourth-order valence-electron chi connectivity index (χ4n) is 11.9. The highest BCUT2D eigenvalue weighted by atomic mass is 28.3. The third-order valence-electron chi connectivity index (χ3n) is 14.8. The van der Waals surface area contributed by atoms with Crippen LogP contribution in [0.2, 0.25) is 0 Å². The summed E-state index contributed by atoms with van der Waals surface area (Å²) in [5.41, 5.74) is 12.9. The highest BCUT2D eigenvalue weighted by Crippen LogP contribution is 2.43. The second-order valence-corrected chi connectivity index (χ2v) is 22.2. The van der Waals surface area contributed by atoms with Crippen molar-refractivity contribution in [1.82, 2.24) is 13.7 Å². The zero-order valence-electron chi connectivity index (χ0n) is 38.3. The number of nitrogens with zero attached hydrogens (tertiary/aromatic N) is 3. The molecule has 0 amide bonds. The molecule has 0 unspecified atom stereocenters. The standard InChI is InChI=1S/C66H45N3Si/c1-5-22-46(23-6-1)47-42-43-61-57(44-47)54-33-14-16-36-58(54)68(61)64-41-20-35-55-53-32-13-17-37-59(53)69(66(55)64)63-40-21-39-62-65(63)56-34-15-18-38-60(56)67(62)48-24-19-31-52(45-48)70(49-25-7-2-8-26-49,50-27-9-3-10-28-50)51-29-11-4-12-30-51/h1-45H. The highest BCUT2D eigenvalue weighted by Gasteiger charge is 2.41. The first-order chi connectivity index (χ1) is 34.8. The van der Waals surface area contributed by atoms with Crippen molar-refractivity contribution in [1.29, 1.82) is 0 Å². The lowest BCUT2D eigenvalue weighted by Gasteiger charge is -2.34. The predicted octanol–water partition coefficient (Wildman–Crippen LogP) is 14.0. The average molecular weight is 908 g/mol. The van der Waals surface area contributed by atoms with Crippen molar-refractivity contribution in [3.8, 4) is 28.2 Å². The van der Waals surface area contributed by atoms with E-state index in [0.29, 0.717) is 0 Å². The molecule has 0 saturated heterocycles. The van der Waals surface area contributed by atoms with Gasteiger partial charge in [-0.1, -0.05) is 212 Å². The molecule has 14 aromatic rings. The third kappa shape index (κ3) is 5.94. The Hall–Kier alpha value is -8.96. The summed E-state index contributed by atoms with van der Waals surface area (Å²) in [6.45, 7) is 0. The first-order valence-corrected chi connectivity index (χ1v) is 26.2. The SMILES string of the molecule is c1ccc(-c2ccc3c(c2)c2ccccc2n3-c2cccc3c4ccccc4n(-c4cccc5c4c4ccccc4n5-c4cccc([Si](c5ccccc5)(c5ccccc5)c5ccccc5)c4)c23)cc1. The molecule has 0 spiro atoms. The Morgan fingerprint density at radius 2 is 0.700 bits per heavy atom. The number of fused-ring (bicyclic) bond motifs is 9. The fraction of sp³-hybridized carbons (Fsp3) is 0. The van der Waals surface area contributed by atoms with E-state index in [1.54, 1.807) is 0 Å². The van der Waals surface area contributed by atoms with Gasteiger partial charge in [-0.2, -0.15) is 0 Å². The summed E-state index contributed by atoms with van der Waals surface area (Å²) in [7, 11) is -2.81. The molecule has 0 aliphatic carbocycles. The summed E-state index contributed by atoms with van der Waals surface area (Å²) < 4.78 is 7.55.